The van der Waals surface area contributed by atoms with Crippen molar-refractivity contribution in [2.45, 2.75) is 12.5 Å². The highest BCUT2D eigenvalue weighted by molar-refractivity contribution is 7.08. The van der Waals surface area contributed by atoms with Crippen molar-refractivity contribution in [3.8, 4) is 5.69 Å². The normalized spacial score (nSPS) is 19.2. The highest BCUT2D eigenvalue weighted by Crippen LogP contribution is 2.41. The second-order valence-electron chi connectivity index (χ2n) is 12.5. The zero-order chi connectivity index (χ0) is 31.1. The van der Waals surface area contributed by atoms with Crippen LogP contribution in [0.1, 0.15) is 12.5 Å². The molecule has 0 amide bonds. The number of hydrogen-bond acceptors (Lipinski definition) is 2. The second-order valence-corrected chi connectivity index (χ2v) is 16.5. The first-order valence-corrected chi connectivity index (χ1v) is 18.3. The number of allylic oxidation sites excluding steroid dienone is 4. The Bertz CT molecular complexity index is 2160. The molecule has 1 aliphatic heterocycles. The van der Waals surface area contributed by atoms with Gasteiger partial charge in [0, 0.05) is 40.9 Å². The van der Waals surface area contributed by atoms with Gasteiger partial charge in [-0.15, -0.1) is 0 Å². The molecule has 5 aromatic carbocycles. The zero-order valence-electron chi connectivity index (χ0n) is 26.3. The van der Waals surface area contributed by atoms with Crippen LogP contribution in [0.3, 0.4) is 0 Å². The number of hydrogen-bond donors (Lipinski definition) is 0. The number of rotatable bonds is 6. The average Bonchev–Trinajstić information content (AvgIpc) is 3.45. The number of fused-ring (bicyclic) bond motifs is 3. The molecule has 1 aromatic heterocycles. The van der Waals surface area contributed by atoms with Gasteiger partial charge in [-0.3, -0.25) is 0 Å². The van der Waals surface area contributed by atoms with Gasteiger partial charge < -0.3 is 9.47 Å². The van der Waals surface area contributed by atoms with Gasteiger partial charge >= 0.3 is 0 Å². The van der Waals surface area contributed by atoms with Crippen molar-refractivity contribution in [3.63, 3.8) is 0 Å². The molecule has 0 radical (unpaired) electrons. The number of aliphatic imine (C=N–C) groups is 1. The topological polar surface area (TPSA) is 20.5 Å². The van der Waals surface area contributed by atoms with Gasteiger partial charge in [-0.2, -0.15) is 0 Å². The van der Waals surface area contributed by atoms with Crippen LogP contribution in [0, 0.1) is 5.92 Å². The first-order valence-electron chi connectivity index (χ1n) is 16.2. The lowest BCUT2D eigenvalue weighted by atomic mass is 10.0. The van der Waals surface area contributed by atoms with E-state index in [0.29, 0.717) is 5.92 Å². The SMILES string of the molecule is CC1C=CC=CC1[Si](C1=CCN(C)C(c2ccccc2)=N1)(c1ccccc1)c1ccc2c(c1)c1ccccc1n2-c1ccccc1. The summed E-state index contributed by atoms with van der Waals surface area (Å²) in [5.41, 5.74) is 5.07. The predicted molar refractivity (Wildman–Crippen MR) is 197 cm³/mol. The van der Waals surface area contributed by atoms with Crippen molar-refractivity contribution in [3.05, 3.63) is 175 Å². The first kappa shape index (κ1) is 28.3. The lowest BCUT2D eigenvalue weighted by molar-refractivity contribution is 0.555. The summed E-state index contributed by atoms with van der Waals surface area (Å²) in [5, 5.41) is 6.58. The van der Waals surface area contributed by atoms with E-state index in [0.717, 1.165) is 17.9 Å². The molecule has 0 fully saturated rings. The average molecular weight is 612 g/mol. The smallest absolute Gasteiger partial charge is 0.178 e. The summed E-state index contributed by atoms with van der Waals surface area (Å²) >= 11 is 0. The van der Waals surface area contributed by atoms with Crippen LogP contribution in [0.4, 0.5) is 0 Å². The van der Waals surface area contributed by atoms with E-state index in [-0.39, 0.29) is 5.54 Å². The number of benzene rings is 5. The summed E-state index contributed by atoms with van der Waals surface area (Å²) in [4.78, 5) is 7.94. The minimum atomic E-state index is -2.79. The van der Waals surface area contributed by atoms with Crippen molar-refractivity contribution >= 4 is 46.1 Å². The maximum atomic E-state index is 5.67. The van der Waals surface area contributed by atoms with E-state index in [1.807, 2.05) is 0 Å². The van der Waals surface area contributed by atoms with Crippen LogP contribution in [0.25, 0.3) is 27.5 Å². The summed E-state index contributed by atoms with van der Waals surface area (Å²) in [6.07, 6.45) is 11.7. The molecule has 0 spiro atoms. The van der Waals surface area contributed by atoms with Gasteiger partial charge in [-0.1, -0.05) is 140 Å². The molecule has 4 heteroatoms. The third-order valence-corrected chi connectivity index (χ3v) is 15.2. The molecule has 0 saturated carbocycles. The van der Waals surface area contributed by atoms with Gasteiger partial charge in [0.05, 0.1) is 11.0 Å². The molecule has 2 aliphatic rings. The highest BCUT2D eigenvalue weighted by atomic mass is 28.3. The molecule has 0 bridgehead atoms. The van der Waals surface area contributed by atoms with E-state index in [1.165, 1.54) is 43.2 Å². The maximum absolute atomic E-state index is 5.67. The number of likely N-dealkylation sites (N-methyl/N-ethyl adjacent to an activating group) is 1. The molecule has 0 saturated heterocycles. The number of aromatic nitrogens is 1. The number of nitrogens with zero attached hydrogens (tertiary/aromatic N) is 3. The molecule has 8 rings (SSSR count). The van der Waals surface area contributed by atoms with Crippen LogP contribution in [0.15, 0.2) is 174 Å². The van der Waals surface area contributed by atoms with Gasteiger partial charge in [0.1, 0.15) is 5.84 Å². The van der Waals surface area contributed by atoms with Crippen molar-refractivity contribution in [1.82, 2.24) is 9.47 Å². The fourth-order valence-corrected chi connectivity index (χ4v) is 13.2. The zero-order valence-corrected chi connectivity index (χ0v) is 27.3. The Morgan fingerprint density at radius 3 is 2.07 bits per heavy atom. The summed E-state index contributed by atoms with van der Waals surface area (Å²) in [7, 11) is -0.634. The van der Waals surface area contributed by atoms with Gasteiger partial charge in [0.25, 0.3) is 0 Å². The summed E-state index contributed by atoms with van der Waals surface area (Å²) in [5.74, 6) is 1.39. The minimum absolute atomic E-state index is 0.287. The Morgan fingerprint density at radius 2 is 1.30 bits per heavy atom. The standard InChI is InChI=1S/C42H37N3Si/c1-31-16-12-15-25-40(31)46(34-21-10-5-11-22-34,41-28-29-44(2)42(43-41)32-17-6-3-7-18-32)35-26-27-39-37(30-35)36-23-13-14-24-38(36)45(39)33-19-8-4-9-20-33/h3-28,30-31,40H,29H2,1-2H3. The molecule has 2 heterocycles. The third kappa shape index (κ3) is 4.52. The Balaban J connectivity index is 1.45. The predicted octanol–water partition coefficient (Wildman–Crippen LogP) is 8.29. The Kier molecular flexibility index (Phi) is 7.15. The van der Waals surface area contributed by atoms with Crippen LogP contribution in [0.2, 0.25) is 5.54 Å². The van der Waals surface area contributed by atoms with Crippen LogP contribution in [-0.4, -0.2) is 37.0 Å². The molecule has 1 aliphatic carbocycles. The largest absolute Gasteiger partial charge is 0.355 e. The molecule has 3 atom stereocenters. The van der Waals surface area contributed by atoms with Crippen LogP contribution in [-0.2, 0) is 0 Å². The highest BCUT2D eigenvalue weighted by Gasteiger charge is 2.50. The van der Waals surface area contributed by atoms with E-state index in [4.69, 9.17) is 4.99 Å². The van der Waals surface area contributed by atoms with Crippen LogP contribution >= 0.6 is 0 Å². The van der Waals surface area contributed by atoms with Gasteiger partial charge in [0.2, 0.25) is 0 Å². The Labute approximate surface area is 272 Å². The summed E-state index contributed by atoms with van der Waals surface area (Å²) in [6, 6.07) is 48.8. The molecule has 6 aromatic rings. The van der Waals surface area contributed by atoms with E-state index in [2.05, 4.69) is 187 Å². The molecule has 46 heavy (non-hydrogen) atoms. The molecular formula is C42H37N3Si. The first-order chi connectivity index (χ1) is 22.7. The molecule has 224 valence electrons. The summed E-state index contributed by atoms with van der Waals surface area (Å²) in [6.45, 7) is 3.20. The van der Waals surface area contributed by atoms with Gasteiger partial charge in [0.15, 0.2) is 8.07 Å². The lowest BCUT2D eigenvalue weighted by Gasteiger charge is -2.43. The van der Waals surface area contributed by atoms with Gasteiger partial charge in [-0.25, -0.2) is 4.99 Å². The van der Waals surface area contributed by atoms with Crippen molar-refractivity contribution in [2.24, 2.45) is 10.9 Å². The van der Waals surface area contributed by atoms with Crippen molar-refractivity contribution < 1.29 is 0 Å². The summed E-state index contributed by atoms with van der Waals surface area (Å²) < 4.78 is 2.41. The second kappa shape index (κ2) is 11.6. The van der Waals surface area contributed by atoms with E-state index in [9.17, 15) is 0 Å². The molecule has 3 unspecified atom stereocenters. The Hall–Kier alpha value is -5.19. The van der Waals surface area contributed by atoms with E-state index < -0.39 is 8.07 Å². The molecule has 3 nitrogen and oxygen atoms in total. The van der Waals surface area contributed by atoms with Crippen LogP contribution < -0.4 is 10.4 Å². The van der Waals surface area contributed by atoms with Crippen molar-refractivity contribution in [2.75, 3.05) is 13.6 Å². The monoisotopic (exact) mass is 611 g/mol. The molecule has 0 N–H and O–H groups in total. The van der Waals surface area contributed by atoms with E-state index >= 15 is 0 Å². The van der Waals surface area contributed by atoms with Crippen LogP contribution in [0.5, 0.6) is 0 Å². The number of para-hydroxylation sites is 2. The van der Waals surface area contributed by atoms with Crippen molar-refractivity contribution in [1.29, 1.82) is 0 Å². The minimum Gasteiger partial charge on any atom is -0.355 e. The maximum Gasteiger partial charge on any atom is 0.178 e. The quantitative estimate of drug-likeness (QED) is 0.174. The fourth-order valence-electron chi connectivity index (χ4n) is 7.73. The molecular weight excluding hydrogens is 575 g/mol. The fraction of sp³-hybridized carbons (Fsp3) is 0.119. The number of amidine groups is 1. The van der Waals surface area contributed by atoms with E-state index in [1.54, 1.807) is 0 Å². The lowest BCUT2D eigenvalue weighted by Crippen LogP contribution is -2.64. The Morgan fingerprint density at radius 1 is 0.652 bits per heavy atom. The van der Waals surface area contributed by atoms with Gasteiger partial charge in [-0.05, 0) is 52.2 Å². The third-order valence-electron chi connectivity index (χ3n) is 9.86.